The van der Waals surface area contributed by atoms with Crippen molar-refractivity contribution in [3.05, 3.63) is 35.4 Å². The van der Waals surface area contributed by atoms with E-state index in [1.54, 1.807) is 0 Å². The van der Waals surface area contributed by atoms with Crippen molar-refractivity contribution in [3.63, 3.8) is 0 Å². The summed E-state index contributed by atoms with van der Waals surface area (Å²) >= 11 is 0. The Balaban J connectivity index is 1.71. The molecule has 1 aliphatic rings. The molecule has 1 fully saturated rings. The van der Waals surface area contributed by atoms with Gasteiger partial charge in [0.15, 0.2) is 0 Å². The minimum absolute atomic E-state index is 0.0225. The quantitative estimate of drug-likeness (QED) is 0.874. The minimum atomic E-state index is -4.34. The third-order valence-corrected chi connectivity index (χ3v) is 3.51. The fraction of sp³-hybridized carbons (Fsp3) is 0.533. The van der Waals surface area contributed by atoms with Gasteiger partial charge in [0.25, 0.3) is 0 Å². The first-order valence-electron chi connectivity index (χ1n) is 7.20. The molecule has 0 unspecified atom stereocenters. The fourth-order valence-corrected chi connectivity index (χ4v) is 2.22. The van der Waals surface area contributed by atoms with E-state index < -0.39 is 11.7 Å². The molecule has 2 N–H and O–H groups in total. The molecule has 122 valence electrons. The van der Waals surface area contributed by atoms with Crippen LogP contribution in [0.5, 0.6) is 0 Å². The van der Waals surface area contributed by atoms with E-state index in [2.05, 4.69) is 10.6 Å². The Bertz CT molecular complexity index is 483. The Kier molecular flexibility index (Phi) is 5.79. The molecule has 0 saturated carbocycles. The molecule has 0 spiro atoms. The van der Waals surface area contributed by atoms with Crippen molar-refractivity contribution in [2.45, 2.75) is 31.7 Å². The lowest BCUT2D eigenvalue weighted by Gasteiger charge is -2.22. The third-order valence-electron chi connectivity index (χ3n) is 3.51. The highest BCUT2D eigenvalue weighted by molar-refractivity contribution is 5.77. The van der Waals surface area contributed by atoms with Crippen molar-refractivity contribution in [2.24, 2.45) is 0 Å². The molecule has 0 aliphatic carbocycles. The van der Waals surface area contributed by atoms with Gasteiger partial charge in [-0.05, 0) is 43.6 Å². The van der Waals surface area contributed by atoms with Crippen molar-refractivity contribution >= 4 is 5.91 Å². The molecular formula is C15H19F3N2O2. The van der Waals surface area contributed by atoms with E-state index in [1.165, 1.54) is 12.1 Å². The maximum absolute atomic E-state index is 12.4. The number of nitrogens with one attached hydrogen (secondary N) is 2. The van der Waals surface area contributed by atoms with Gasteiger partial charge in [0.2, 0.25) is 5.91 Å². The van der Waals surface area contributed by atoms with Crippen LogP contribution in [-0.4, -0.2) is 31.7 Å². The number of carbonyl (C=O) groups is 1. The van der Waals surface area contributed by atoms with Crippen LogP contribution >= 0.6 is 0 Å². The number of rotatable bonds is 5. The molecule has 22 heavy (non-hydrogen) atoms. The van der Waals surface area contributed by atoms with Gasteiger partial charge in [0.05, 0.1) is 11.7 Å². The number of halogens is 3. The number of amides is 1. The van der Waals surface area contributed by atoms with Crippen LogP contribution in [-0.2, 0) is 22.3 Å². The van der Waals surface area contributed by atoms with Crippen LogP contribution < -0.4 is 10.6 Å². The van der Waals surface area contributed by atoms with Crippen LogP contribution in [0.4, 0.5) is 13.2 Å². The molecule has 0 bridgehead atoms. The highest BCUT2D eigenvalue weighted by atomic mass is 19.4. The van der Waals surface area contributed by atoms with Crippen LogP contribution in [0.25, 0.3) is 0 Å². The standard InChI is InChI=1S/C15H19F3N2O2/c16-15(17,18)12-3-1-11(2-4-12)9-20-14(21)10-22-13-5-7-19-8-6-13/h1-4,13,19H,5-10H2,(H,20,21). The van der Waals surface area contributed by atoms with Crippen LogP contribution in [0.3, 0.4) is 0 Å². The maximum Gasteiger partial charge on any atom is 0.416 e. The lowest BCUT2D eigenvalue weighted by molar-refractivity contribution is -0.137. The summed E-state index contributed by atoms with van der Waals surface area (Å²) in [7, 11) is 0. The topological polar surface area (TPSA) is 50.4 Å². The summed E-state index contributed by atoms with van der Waals surface area (Å²) < 4.78 is 42.8. The van der Waals surface area contributed by atoms with Crippen molar-refractivity contribution in [1.82, 2.24) is 10.6 Å². The number of benzene rings is 1. The summed E-state index contributed by atoms with van der Waals surface area (Å²) in [6.45, 7) is 1.94. The summed E-state index contributed by atoms with van der Waals surface area (Å²) in [5.74, 6) is -0.265. The Morgan fingerprint density at radius 3 is 2.45 bits per heavy atom. The number of alkyl halides is 3. The molecule has 7 heteroatoms. The first kappa shape index (κ1) is 16.8. The highest BCUT2D eigenvalue weighted by Gasteiger charge is 2.29. The molecular weight excluding hydrogens is 297 g/mol. The van der Waals surface area contributed by atoms with Gasteiger partial charge in [-0.25, -0.2) is 0 Å². The van der Waals surface area contributed by atoms with Crippen molar-refractivity contribution in [2.75, 3.05) is 19.7 Å². The number of hydrogen-bond acceptors (Lipinski definition) is 3. The van der Waals surface area contributed by atoms with Gasteiger partial charge in [0, 0.05) is 6.54 Å². The van der Waals surface area contributed by atoms with Gasteiger partial charge in [0.1, 0.15) is 6.61 Å². The van der Waals surface area contributed by atoms with Crippen LogP contribution in [0.1, 0.15) is 24.0 Å². The van der Waals surface area contributed by atoms with E-state index in [1.807, 2.05) is 0 Å². The van der Waals surface area contributed by atoms with Crippen LogP contribution in [0, 0.1) is 0 Å². The molecule has 4 nitrogen and oxygen atoms in total. The summed E-state index contributed by atoms with van der Waals surface area (Å²) in [5.41, 5.74) is -0.0833. The van der Waals surface area contributed by atoms with Crippen LogP contribution in [0.15, 0.2) is 24.3 Å². The van der Waals surface area contributed by atoms with E-state index in [0.717, 1.165) is 38.1 Å². The van der Waals surface area contributed by atoms with Crippen molar-refractivity contribution in [1.29, 1.82) is 0 Å². The lowest BCUT2D eigenvalue weighted by atomic mass is 10.1. The molecule has 1 aromatic rings. The van der Waals surface area contributed by atoms with E-state index in [9.17, 15) is 18.0 Å². The molecule has 1 heterocycles. The predicted octanol–water partition coefficient (Wildman–Crippen LogP) is 2.09. The summed E-state index contributed by atoms with van der Waals surface area (Å²) in [4.78, 5) is 11.7. The number of carbonyl (C=O) groups excluding carboxylic acids is 1. The monoisotopic (exact) mass is 316 g/mol. The molecule has 2 rings (SSSR count). The number of ether oxygens (including phenoxy) is 1. The Morgan fingerprint density at radius 1 is 1.23 bits per heavy atom. The third kappa shape index (κ3) is 5.31. The predicted molar refractivity (Wildman–Crippen MR) is 75.1 cm³/mol. The molecule has 1 saturated heterocycles. The summed E-state index contributed by atoms with van der Waals surface area (Å²) in [6, 6.07) is 4.73. The van der Waals surface area contributed by atoms with Crippen molar-refractivity contribution in [3.8, 4) is 0 Å². The summed E-state index contributed by atoms with van der Waals surface area (Å²) in [6.07, 6.45) is -2.49. The molecule has 0 radical (unpaired) electrons. The zero-order chi connectivity index (χ0) is 16.0. The largest absolute Gasteiger partial charge is 0.416 e. The zero-order valence-corrected chi connectivity index (χ0v) is 12.1. The first-order chi connectivity index (χ1) is 10.4. The SMILES string of the molecule is O=C(COC1CCNCC1)NCc1ccc(C(F)(F)F)cc1. The van der Waals surface area contributed by atoms with E-state index in [4.69, 9.17) is 4.74 Å². The number of hydrogen-bond donors (Lipinski definition) is 2. The summed E-state index contributed by atoms with van der Waals surface area (Å²) in [5, 5.41) is 5.84. The molecule has 1 aromatic carbocycles. The van der Waals surface area contributed by atoms with E-state index in [-0.39, 0.29) is 25.2 Å². The second-order valence-electron chi connectivity index (χ2n) is 5.23. The van der Waals surface area contributed by atoms with Gasteiger partial charge in [-0.1, -0.05) is 12.1 Å². The molecule has 0 aromatic heterocycles. The van der Waals surface area contributed by atoms with E-state index >= 15 is 0 Å². The van der Waals surface area contributed by atoms with E-state index in [0.29, 0.717) is 5.56 Å². The zero-order valence-electron chi connectivity index (χ0n) is 12.1. The van der Waals surface area contributed by atoms with Crippen LogP contribution in [0.2, 0.25) is 0 Å². The second-order valence-corrected chi connectivity index (χ2v) is 5.23. The second kappa shape index (κ2) is 7.60. The average molecular weight is 316 g/mol. The number of piperidine rings is 1. The van der Waals surface area contributed by atoms with Gasteiger partial charge in [-0.3, -0.25) is 4.79 Å². The average Bonchev–Trinajstić information content (AvgIpc) is 2.51. The first-order valence-corrected chi connectivity index (χ1v) is 7.20. The van der Waals surface area contributed by atoms with Gasteiger partial charge in [-0.15, -0.1) is 0 Å². The smallest absolute Gasteiger partial charge is 0.368 e. The molecule has 1 aliphatic heterocycles. The Labute approximate surface area is 127 Å². The molecule has 1 amide bonds. The van der Waals surface area contributed by atoms with Gasteiger partial charge in [-0.2, -0.15) is 13.2 Å². The normalized spacial score (nSPS) is 16.5. The Hall–Kier alpha value is -1.60. The minimum Gasteiger partial charge on any atom is -0.368 e. The van der Waals surface area contributed by atoms with Gasteiger partial charge >= 0.3 is 6.18 Å². The fourth-order valence-electron chi connectivity index (χ4n) is 2.22. The van der Waals surface area contributed by atoms with Crippen molar-refractivity contribution < 1.29 is 22.7 Å². The lowest BCUT2D eigenvalue weighted by Crippen LogP contribution is -2.35. The molecule has 0 atom stereocenters. The van der Waals surface area contributed by atoms with Gasteiger partial charge < -0.3 is 15.4 Å². The highest BCUT2D eigenvalue weighted by Crippen LogP contribution is 2.28. The maximum atomic E-state index is 12.4. The Morgan fingerprint density at radius 2 is 1.86 bits per heavy atom.